The van der Waals surface area contributed by atoms with E-state index < -0.39 is 6.10 Å². The highest BCUT2D eigenvalue weighted by molar-refractivity contribution is 14.0. The van der Waals surface area contributed by atoms with Crippen molar-refractivity contribution >= 4 is 29.9 Å². The molecular formula is C16H28IN3O. The number of rotatable bonds is 4. The van der Waals surface area contributed by atoms with E-state index in [2.05, 4.69) is 36.4 Å². The molecule has 0 aliphatic heterocycles. The Balaban J connectivity index is 0.00000400. The molecule has 1 aromatic rings. The van der Waals surface area contributed by atoms with Crippen LogP contribution in [-0.2, 0) is 0 Å². The molecule has 0 aliphatic rings. The van der Waals surface area contributed by atoms with Crippen LogP contribution in [-0.4, -0.2) is 29.7 Å². The Kier molecular flexibility index (Phi) is 8.89. The zero-order valence-corrected chi connectivity index (χ0v) is 15.9. The third-order valence-electron chi connectivity index (χ3n) is 2.72. The first-order chi connectivity index (χ1) is 9.31. The van der Waals surface area contributed by atoms with Gasteiger partial charge in [0.2, 0.25) is 0 Å². The number of aliphatic imine (C=N–C) groups is 1. The summed E-state index contributed by atoms with van der Waals surface area (Å²) in [5.74, 6) is 0.728. The number of benzene rings is 1. The second kappa shape index (κ2) is 9.25. The van der Waals surface area contributed by atoms with Crippen LogP contribution in [0.4, 0.5) is 0 Å². The molecule has 120 valence electrons. The molecule has 0 spiro atoms. The molecule has 1 unspecified atom stereocenters. The molecule has 0 bridgehead atoms. The summed E-state index contributed by atoms with van der Waals surface area (Å²) in [7, 11) is 0. The largest absolute Gasteiger partial charge is 0.386 e. The van der Waals surface area contributed by atoms with Crippen molar-refractivity contribution in [1.82, 2.24) is 10.6 Å². The molecule has 0 aliphatic carbocycles. The van der Waals surface area contributed by atoms with Crippen molar-refractivity contribution in [3.63, 3.8) is 0 Å². The Morgan fingerprint density at radius 1 is 1.24 bits per heavy atom. The Labute approximate surface area is 145 Å². The third-order valence-corrected chi connectivity index (χ3v) is 2.72. The summed E-state index contributed by atoms with van der Waals surface area (Å²) in [6, 6.07) is 7.89. The molecular weight excluding hydrogens is 377 g/mol. The lowest BCUT2D eigenvalue weighted by atomic mass is 10.1. The fourth-order valence-corrected chi connectivity index (χ4v) is 1.73. The number of hydrogen-bond donors (Lipinski definition) is 3. The Morgan fingerprint density at radius 2 is 1.81 bits per heavy atom. The van der Waals surface area contributed by atoms with Crippen LogP contribution in [0.1, 0.15) is 44.9 Å². The van der Waals surface area contributed by atoms with Gasteiger partial charge in [0, 0.05) is 12.1 Å². The predicted molar refractivity (Wildman–Crippen MR) is 100 cm³/mol. The number of nitrogens with zero attached hydrogens (tertiary/aromatic N) is 1. The molecule has 4 nitrogen and oxygen atoms in total. The fourth-order valence-electron chi connectivity index (χ4n) is 1.73. The number of nitrogens with one attached hydrogen (secondary N) is 2. The first kappa shape index (κ1) is 20.2. The fraction of sp³-hybridized carbons (Fsp3) is 0.562. The topological polar surface area (TPSA) is 56.7 Å². The molecule has 1 atom stereocenters. The Hall–Kier alpha value is -0.820. The first-order valence-electron chi connectivity index (χ1n) is 7.13. The van der Waals surface area contributed by atoms with Crippen molar-refractivity contribution in [2.75, 3.05) is 13.1 Å². The smallest absolute Gasteiger partial charge is 0.191 e. The number of hydrogen-bond acceptors (Lipinski definition) is 2. The van der Waals surface area contributed by atoms with Gasteiger partial charge in [-0.05, 0) is 40.2 Å². The van der Waals surface area contributed by atoms with Gasteiger partial charge >= 0.3 is 0 Å². The second-order valence-corrected chi connectivity index (χ2v) is 6.02. The first-order valence-corrected chi connectivity index (χ1v) is 7.13. The standard InChI is InChI=1S/C16H27N3O.HI/c1-6-17-15(19-16(3,4)5)18-11-14(20)13-9-7-12(2)8-10-13;/h7-10,14,20H,6,11H2,1-5H3,(H2,17,18,19);1H. The van der Waals surface area contributed by atoms with E-state index in [0.717, 1.165) is 18.1 Å². The molecule has 5 heteroatoms. The highest BCUT2D eigenvalue weighted by Crippen LogP contribution is 2.13. The lowest BCUT2D eigenvalue weighted by Crippen LogP contribution is -2.47. The van der Waals surface area contributed by atoms with E-state index in [1.54, 1.807) is 0 Å². The van der Waals surface area contributed by atoms with E-state index in [0.29, 0.717) is 6.54 Å². The molecule has 0 fully saturated rings. The SMILES string of the molecule is CCNC(=NCC(O)c1ccc(C)cc1)NC(C)(C)C.I. The van der Waals surface area contributed by atoms with E-state index in [4.69, 9.17) is 0 Å². The molecule has 0 saturated carbocycles. The number of aliphatic hydroxyl groups is 1. The van der Waals surface area contributed by atoms with Gasteiger partial charge in [-0.25, -0.2) is 0 Å². The number of halogens is 1. The van der Waals surface area contributed by atoms with Crippen molar-refractivity contribution in [2.45, 2.75) is 46.3 Å². The molecule has 21 heavy (non-hydrogen) atoms. The highest BCUT2D eigenvalue weighted by atomic mass is 127. The molecule has 0 radical (unpaired) electrons. The summed E-state index contributed by atoms with van der Waals surface area (Å²) in [5.41, 5.74) is 2.02. The zero-order valence-electron chi connectivity index (χ0n) is 13.6. The van der Waals surface area contributed by atoms with Gasteiger partial charge in [0.15, 0.2) is 5.96 Å². The minimum atomic E-state index is -0.578. The molecule has 1 aromatic carbocycles. The van der Waals surface area contributed by atoms with Crippen LogP contribution < -0.4 is 10.6 Å². The van der Waals surface area contributed by atoms with Gasteiger partial charge in [-0.1, -0.05) is 29.8 Å². The lowest BCUT2D eigenvalue weighted by Gasteiger charge is -2.24. The summed E-state index contributed by atoms with van der Waals surface area (Å²) in [5, 5.41) is 16.6. The van der Waals surface area contributed by atoms with Crippen molar-refractivity contribution in [2.24, 2.45) is 4.99 Å². The zero-order chi connectivity index (χ0) is 15.2. The quantitative estimate of drug-likeness (QED) is 0.410. The molecule has 0 heterocycles. The van der Waals surface area contributed by atoms with Crippen LogP contribution in [0, 0.1) is 6.92 Å². The van der Waals surface area contributed by atoms with E-state index in [1.807, 2.05) is 38.1 Å². The van der Waals surface area contributed by atoms with Crippen LogP contribution >= 0.6 is 24.0 Å². The van der Waals surface area contributed by atoms with Crippen molar-refractivity contribution in [3.05, 3.63) is 35.4 Å². The van der Waals surface area contributed by atoms with Crippen molar-refractivity contribution in [3.8, 4) is 0 Å². The average Bonchev–Trinajstić information content (AvgIpc) is 2.35. The van der Waals surface area contributed by atoms with E-state index in [-0.39, 0.29) is 29.5 Å². The van der Waals surface area contributed by atoms with Crippen LogP contribution in [0.15, 0.2) is 29.3 Å². The average molecular weight is 405 g/mol. The molecule has 1 rings (SSSR count). The maximum absolute atomic E-state index is 10.2. The van der Waals surface area contributed by atoms with Gasteiger partial charge in [-0.3, -0.25) is 4.99 Å². The van der Waals surface area contributed by atoms with Crippen LogP contribution in [0.25, 0.3) is 0 Å². The van der Waals surface area contributed by atoms with E-state index in [1.165, 1.54) is 5.56 Å². The summed E-state index contributed by atoms with van der Waals surface area (Å²) in [6.07, 6.45) is -0.578. The summed E-state index contributed by atoms with van der Waals surface area (Å²) in [4.78, 5) is 4.44. The van der Waals surface area contributed by atoms with Gasteiger partial charge in [-0.2, -0.15) is 0 Å². The second-order valence-electron chi connectivity index (χ2n) is 6.02. The minimum absolute atomic E-state index is 0. The number of aliphatic hydroxyl groups excluding tert-OH is 1. The van der Waals surface area contributed by atoms with E-state index in [9.17, 15) is 5.11 Å². The van der Waals surface area contributed by atoms with Crippen LogP contribution in [0.3, 0.4) is 0 Å². The molecule has 0 amide bonds. The normalized spacial score (nSPS) is 13.3. The van der Waals surface area contributed by atoms with Crippen LogP contribution in [0.2, 0.25) is 0 Å². The number of guanidine groups is 1. The van der Waals surface area contributed by atoms with Gasteiger partial charge < -0.3 is 15.7 Å². The Bertz CT molecular complexity index is 438. The van der Waals surface area contributed by atoms with Gasteiger partial charge in [0.05, 0.1) is 12.6 Å². The maximum atomic E-state index is 10.2. The highest BCUT2D eigenvalue weighted by Gasteiger charge is 2.12. The summed E-state index contributed by atoms with van der Waals surface area (Å²) < 4.78 is 0. The molecule has 0 aromatic heterocycles. The minimum Gasteiger partial charge on any atom is -0.386 e. The number of aryl methyl sites for hydroxylation is 1. The van der Waals surface area contributed by atoms with Crippen molar-refractivity contribution in [1.29, 1.82) is 0 Å². The molecule has 3 N–H and O–H groups in total. The van der Waals surface area contributed by atoms with Gasteiger partial charge in [0.1, 0.15) is 0 Å². The predicted octanol–water partition coefficient (Wildman–Crippen LogP) is 3.00. The summed E-state index contributed by atoms with van der Waals surface area (Å²) in [6.45, 7) is 11.4. The molecule has 0 saturated heterocycles. The van der Waals surface area contributed by atoms with Crippen LogP contribution in [0.5, 0.6) is 0 Å². The van der Waals surface area contributed by atoms with Crippen molar-refractivity contribution < 1.29 is 5.11 Å². The Morgan fingerprint density at radius 3 is 2.29 bits per heavy atom. The lowest BCUT2D eigenvalue weighted by molar-refractivity contribution is 0.187. The van der Waals surface area contributed by atoms with E-state index >= 15 is 0 Å². The monoisotopic (exact) mass is 405 g/mol. The maximum Gasteiger partial charge on any atom is 0.191 e. The third kappa shape index (κ3) is 8.26. The van der Waals surface area contributed by atoms with Gasteiger partial charge in [0.25, 0.3) is 0 Å². The summed E-state index contributed by atoms with van der Waals surface area (Å²) >= 11 is 0. The van der Waals surface area contributed by atoms with Gasteiger partial charge in [-0.15, -0.1) is 24.0 Å².